The van der Waals surface area contributed by atoms with E-state index >= 15 is 0 Å². The monoisotopic (exact) mass is 383 g/mol. The van der Waals surface area contributed by atoms with Crippen molar-refractivity contribution in [2.75, 3.05) is 13.7 Å². The zero-order chi connectivity index (χ0) is 19.9. The van der Waals surface area contributed by atoms with Gasteiger partial charge in [0.2, 0.25) is 5.91 Å². The molecule has 1 aromatic heterocycles. The van der Waals surface area contributed by atoms with Gasteiger partial charge in [-0.3, -0.25) is 9.59 Å². The molecule has 3 rings (SSSR count). The molecule has 1 aliphatic carbocycles. The Hall–Kier alpha value is -2.63. The molecule has 1 fully saturated rings. The Morgan fingerprint density at radius 2 is 1.82 bits per heavy atom. The first-order valence-electron chi connectivity index (χ1n) is 10.0. The molecule has 150 valence electrons. The summed E-state index contributed by atoms with van der Waals surface area (Å²) < 4.78 is 6.71. The number of nitrogens with zero attached hydrogens (tertiary/aromatic N) is 2. The lowest BCUT2D eigenvalue weighted by Crippen LogP contribution is -2.35. The smallest absolute Gasteiger partial charge is 0.308 e. The SMILES string of the molecule is COC(=O)C1CCC(C(=O)NCCCc2cn(-c3ccccc3)nc2C)CC1. The van der Waals surface area contributed by atoms with Gasteiger partial charge in [-0.15, -0.1) is 0 Å². The molecular weight excluding hydrogens is 354 g/mol. The van der Waals surface area contributed by atoms with Gasteiger partial charge in [0, 0.05) is 18.7 Å². The van der Waals surface area contributed by atoms with Crippen molar-refractivity contribution in [2.24, 2.45) is 11.8 Å². The molecule has 0 atom stereocenters. The Morgan fingerprint density at radius 1 is 1.14 bits per heavy atom. The molecule has 2 aromatic rings. The van der Waals surface area contributed by atoms with E-state index in [4.69, 9.17) is 4.74 Å². The Bertz CT molecular complexity index is 793. The van der Waals surface area contributed by atoms with Crippen LogP contribution in [-0.4, -0.2) is 35.3 Å². The molecule has 0 aliphatic heterocycles. The first kappa shape index (κ1) is 20.1. The average molecular weight is 383 g/mol. The lowest BCUT2D eigenvalue weighted by molar-refractivity contribution is -0.147. The molecular formula is C22H29N3O3. The van der Waals surface area contributed by atoms with Gasteiger partial charge < -0.3 is 10.1 Å². The minimum atomic E-state index is -0.148. The number of hydrogen-bond acceptors (Lipinski definition) is 4. The fraction of sp³-hybridized carbons (Fsp3) is 0.500. The van der Waals surface area contributed by atoms with E-state index in [0.717, 1.165) is 49.9 Å². The topological polar surface area (TPSA) is 73.2 Å². The maximum atomic E-state index is 12.4. The van der Waals surface area contributed by atoms with E-state index in [1.807, 2.05) is 41.9 Å². The van der Waals surface area contributed by atoms with Gasteiger partial charge in [0.15, 0.2) is 0 Å². The number of aryl methyl sites for hydroxylation is 2. The molecule has 0 saturated heterocycles. The number of carbonyl (C=O) groups is 2. The van der Waals surface area contributed by atoms with E-state index in [1.165, 1.54) is 12.7 Å². The molecule has 6 nitrogen and oxygen atoms in total. The average Bonchev–Trinajstić information content (AvgIpc) is 3.11. The van der Waals surface area contributed by atoms with Crippen molar-refractivity contribution in [3.8, 4) is 5.69 Å². The molecule has 1 heterocycles. The summed E-state index contributed by atoms with van der Waals surface area (Å²) in [4.78, 5) is 23.9. The van der Waals surface area contributed by atoms with Crippen LogP contribution in [0.25, 0.3) is 5.69 Å². The quantitative estimate of drug-likeness (QED) is 0.589. The van der Waals surface area contributed by atoms with E-state index < -0.39 is 0 Å². The van der Waals surface area contributed by atoms with Gasteiger partial charge in [-0.05, 0) is 63.1 Å². The predicted molar refractivity (Wildman–Crippen MR) is 107 cm³/mol. The maximum absolute atomic E-state index is 12.4. The highest BCUT2D eigenvalue weighted by Gasteiger charge is 2.30. The molecule has 0 radical (unpaired) electrons. The third kappa shape index (κ3) is 5.00. The van der Waals surface area contributed by atoms with Crippen LogP contribution in [0.3, 0.4) is 0 Å². The summed E-state index contributed by atoms with van der Waals surface area (Å²) in [6.07, 6.45) is 6.83. The zero-order valence-corrected chi connectivity index (χ0v) is 16.7. The van der Waals surface area contributed by atoms with Gasteiger partial charge in [0.25, 0.3) is 0 Å². The molecule has 28 heavy (non-hydrogen) atoms. The van der Waals surface area contributed by atoms with Crippen LogP contribution in [0.5, 0.6) is 0 Å². The number of methoxy groups -OCH3 is 1. The van der Waals surface area contributed by atoms with Crippen LogP contribution in [0.1, 0.15) is 43.4 Å². The minimum Gasteiger partial charge on any atom is -0.469 e. The van der Waals surface area contributed by atoms with E-state index in [2.05, 4.69) is 16.6 Å². The minimum absolute atomic E-state index is 0.0171. The van der Waals surface area contributed by atoms with Crippen molar-refractivity contribution < 1.29 is 14.3 Å². The summed E-state index contributed by atoms with van der Waals surface area (Å²) in [5.74, 6) is -0.0630. The fourth-order valence-electron chi connectivity index (χ4n) is 3.85. The summed E-state index contributed by atoms with van der Waals surface area (Å²) in [5.41, 5.74) is 3.28. The first-order valence-corrected chi connectivity index (χ1v) is 10.0. The number of aromatic nitrogens is 2. The lowest BCUT2D eigenvalue weighted by atomic mass is 9.81. The Labute approximate surface area is 166 Å². The lowest BCUT2D eigenvalue weighted by Gasteiger charge is -2.26. The molecule has 1 aliphatic rings. The van der Waals surface area contributed by atoms with Crippen molar-refractivity contribution >= 4 is 11.9 Å². The number of ether oxygens (including phenoxy) is 1. The zero-order valence-electron chi connectivity index (χ0n) is 16.7. The number of hydrogen-bond donors (Lipinski definition) is 1. The molecule has 1 aromatic carbocycles. The van der Waals surface area contributed by atoms with Crippen LogP contribution in [0.4, 0.5) is 0 Å². The predicted octanol–water partition coefficient (Wildman–Crippen LogP) is 3.21. The molecule has 0 spiro atoms. The van der Waals surface area contributed by atoms with Gasteiger partial charge in [0.05, 0.1) is 24.4 Å². The second-order valence-electron chi connectivity index (χ2n) is 7.49. The summed E-state index contributed by atoms with van der Waals surface area (Å²) in [7, 11) is 1.42. The second kappa shape index (κ2) is 9.53. The van der Waals surface area contributed by atoms with Gasteiger partial charge in [-0.1, -0.05) is 18.2 Å². The number of benzene rings is 1. The summed E-state index contributed by atoms with van der Waals surface area (Å²) in [5, 5.41) is 7.64. The molecule has 6 heteroatoms. The van der Waals surface area contributed by atoms with Crippen molar-refractivity contribution in [3.63, 3.8) is 0 Å². The molecule has 1 saturated carbocycles. The van der Waals surface area contributed by atoms with E-state index in [0.29, 0.717) is 6.54 Å². The number of para-hydroxylation sites is 1. The molecule has 0 bridgehead atoms. The Kier molecular flexibility index (Phi) is 6.85. The summed E-state index contributed by atoms with van der Waals surface area (Å²) in [6, 6.07) is 10.1. The number of rotatable bonds is 7. The van der Waals surface area contributed by atoms with Crippen LogP contribution in [0, 0.1) is 18.8 Å². The van der Waals surface area contributed by atoms with E-state index in [9.17, 15) is 9.59 Å². The van der Waals surface area contributed by atoms with Gasteiger partial charge in [-0.2, -0.15) is 5.10 Å². The molecule has 1 amide bonds. The second-order valence-corrected chi connectivity index (χ2v) is 7.49. The number of amides is 1. The van der Waals surface area contributed by atoms with Crippen molar-refractivity contribution in [1.29, 1.82) is 0 Å². The van der Waals surface area contributed by atoms with Crippen LogP contribution >= 0.6 is 0 Å². The Morgan fingerprint density at radius 3 is 2.50 bits per heavy atom. The highest BCUT2D eigenvalue weighted by atomic mass is 16.5. The number of carbonyl (C=O) groups excluding carboxylic acids is 2. The summed E-state index contributed by atoms with van der Waals surface area (Å²) >= 11 is 0. The van der Waals surface area contributed by atoms with E-state index in [1.54, 1.807) is 0 Å². The molecule has 0 unspecified atom stereocenters. The highest BCUT2D eigenvalue weighted by molar-refractivity contribution is 5.79. The standard InChI is InChI=1S/C22H29N3O3/c1-16-19(15-25(24-16)20-8-4-3-5-9-20)7-6-14-23-21(26)17-10-12-18(13-11-17)22(27)28-2/h3-5,8-9,15,17-18H,6-7,10-14H2,1-2H3,(H,23,26). The Balaban J connectivity index is 1.41. The maximum Gasteiger partial charge on any atom is 0.308 e. The van der Waals surface area contributed by atoms with Gasteiger partial charge in [-0.25, -0.2) is 4.68 Å². The summed E-state index contributed by atoms with van der Waals surface area (Å²) in [6.45, 7) is 2.68. The largest absolute Gasteiger partial charge is 0.469 e. The van der Waals surface area contributed by atoms with Crippen LogP contribution in [0.2, 0.25) is 0 Å². The van der Waals surface area contributed by atoms with Gasteiger partial charge in [0.1, 0.15) is 0 Å². The van der Waals surface area contributed by atoms with Crippen LogP contribution in [0.15, 0.2) is 36.5 Å². The number of nitrogens with one attached hydrogen (secondary N) is 1. The van der Waals surface area contributed by atoms with Crippen molar-refractivity contribution in [3.05, 3.63) is 47.8 Å². The normalized spacial score (nSPS) is 19.2. The third-order valence-electron chi connectivity index (χ3n) is 5.58. The van der Waals surface area contributed by atoms with Gasteiger partial charge >= 0.3 is 5.97 Å². The fourth-order valence-corrected chi connectivity index (χ4v) is 3.85. The molecule has 1 N–H and O–H groups in total. The first-order chi connectivity index (χ1) is 13.6. The highest BCUT2D eigenvalue weighted by Crippen LogP contribution is 2.29. The van der Waals surface area contributed by atoms with Crippen molar-refractivity contribution in [2.45, 2.75) is 45.4 Å². The van der Waals surface area contributed by atoms with E-state index in [-0.39, 0.29) is 23.7 Å². The van der Waals surface area contributed by atoms with Crippen LogP contribution < -0.4 is 5.32 Å². The van der Waals surface area contributed by atoms with Crippen molar-refractivity contribution in [1.82, 2.24) is 15.1 Å². The van der Waals surface area contributed by atoms with Crippen LogP contribution in [-0.2, 0) is 20.7 Å². The number of esters is 1. The third-order valence-corrected chi connectivity index (χ3v) is 5.58.